The zero-order valence-electron chi connectivity index (χ0n) is 18.8. The van der Waals surface area contributed by atoms with Crippen molar-refractivity contribution in [3.05, 3.63) is 71.3 Å². The van der Waals surface area contributed by atoms with E-state index in [9.17, 15) is 18.0 Å². The first-order valence-electron chi connectivity index (χ1n) is 11.2. The average Bonchev–Trinajstić information content (AvgIpc) is 3.21. The van der Waals surface area contributed by atoms with Crippen molar-refractivity contribution in [2.75, 3.05) is 18.4 Å². The van der Waals surface area contributed by atoms with Crippen LogP contribution in [0, 0.1) is 17.5 Å². The number of halogens is 3. The van der Waals surface area contributed by atoms with Gasteiger partial charge in [0.05, 0.1) is 24.0 Å². The van der Waals surface area contributed by atoms with Gasteiger partial charge in [-0.2, -0.15) is 0 Å². The molecule has 1 saturated heterocycles. The number of hydrogen-bond acceptors (Lipinski definition) is 5. The predicted octanol–water partition coefficient (Wildman–Crippen LogP) is 4.85. The van der Waals surface area contributed by atoms with Crippen LogP contribution in [0.25, 0.3) is 0 Å². The highest BCUT2D eigenvalue weighted by atomic mass is 32.2. The fourth-order valence-electron chi connectivity index (χ4n) is 3.83. The van der Waals surface area contributed by atoms with Crippen LogP contribution in [-0.4, -0.2) is 43.9 Å². The molecule has 1 aromatic heterocycles. The van der Waals surface area contributed by atoms with Crippen LogP contribution in [0.3, 0.4) is 0 Å². The van der Waals surface area contributed by atoms with E-state index in [0.717, 1.165) is 49.5 Å². The Morgan fingerprint density at radius 2 is 1.74 bits per heavy atom. The second-order valence-electron chi connectivity index (χ2n) is 8.28. The number of anilines is 1. The number of carbonyl (C=O) groups excluding carboxylic acids is 1. The molecule has 2 aromatic carbocycles. The first-order valence-corrected chi connectivity index (χ1v) is 12.1. The Labute approximate surface area is 200 Å². The van der Waals surface area contributed by atoms with Crippen molar-refractivity contribution in [3.63, 3.8) is 0 Å². The van der Waals surface area contributed by atoms with Gasteiger partial charge in [-0.3, -0.25) is 9.69 Å². The summed E-state index contributed by atoms with van der Waals surface area (Å²) in [6.45, 7) is 4.88. The van der Waals surface area contributed by atoms with Gasteiger partial charge in [0, 0.05) is 0 Å². The first kappa shape index (κ1) is 24.3. The first-order chi connectivity index (χ1) is 16.4. The van der Waals surface area contributed by atoms with Crippen molar-refractivity contribution in [3.8, 4) is 0 Å². The van der Waals surface area contributed by atoms with Crippen molar-refractivity contribution < 1.29 is 18.0 Å². The topological polar surface area (TPSA) is 63.1 Å². The van der Waals surface area contributed by atoms with Gasteiger partial charge in [-0.25, -0.2) is 13.2 Å². The molecule has 1 atom stereocenters. The van der Waals surface area contributed by atoms with Crippen molar-refractivity contribution in [1.29, 1.82) is 0 Å². The number of amides is 1. The normalized spacial score (nSPS) is 15.3. The Balaban J connectivity index is 1.51. The minimum atomic E-state index is -1.62. The largest absolute Gasteiger partial charge is 0.323 e. The van der Waals surface area contributed by atoms with Gasteiger partial charge in [-0.15, -0.1) is 10.2 Å². The molecule has 180 valence electrons. The van der Waals surface area contributed by atoms with Crippen LogP contribution in [-0.2, 0) is 17.9 Å². The van der Waals surface area contributed by atoms with E-state index >= 15 is 0 Å². The average molecular weight is 490 g/mol. The molecule has 1 aliphatic rings. The lowest BCUT2D eigenvalue weighted by atomic mass is 10.1. The van der Waals surface area contributed by atoms with Gasteiger partial charge in [-0.05, 0) is 50.6 Å². The van der Waals surface area contributed by atoms with E-state index in [1.807, 2.05) is 34.9 Å². The van der Waals surface area contributed by atoms with Crippen molar-refractivity contribution in [2.45, 2.75) is 49.7 Å². The fraction of sp³-hybridized carbons (Fsp3) is 0.375. The second-order valence-corrected chi connectivity index (χ2v) is 9.59. The fourth-order valence-corrected chi connectivity index (χ4v) is 4.70. The van der Waals surface area contributed by atoms with Gasteiger partial charge in [0.15, 0.2) is 22.6 Å². The molecular formula is C24H26F3N5OS. The lowest BCUT2D eigenvalue weighted by molar-refractivity contribution is -0.115. The van der Waals surface area contributed by atoms with E-state index in [-0.39, 0.29) is 0 Å². The molecule has 0 spiro atoms. The molecule has 1 aliphatic heterocycles. The maximum absolute atomic E-state index is 14.0. The van der Waals surface area contributed by atoms with Crippen molar-refractivity contribution in [2.24, 2.45) is 0 Å². The van der Waals surface area contributed by atoms with Gasteiger partial charge < -0.3 is 9.88 Å². The SMILES string of the molecule is CC(Sc1nnc(CN2CCCCC2)n1Cc1ccccc1)C(=O)Nc1ccc(F)c(F)c1F. The van der Waals surface area contributed by atoms with Gasteiger partial charge in [0.1, 0.15) is 5.82 Å². The van der Waals surface area contributed by atoms with E-state index in [1.165, 1.54) is 18.2 Å². The number of nitrogens with one attached hydrogen (secondary N) is 1. The Hall–Kier alpha value is -2.85. The van der Waals surface area contributed by atoms with Crippen LogP contribution < -0.4 is 5.32 Å². The Morgan fingerprint density at radius 3 is 2.47 bits per heavy atom. The molecule has 1 amide bonds. The molecule has 6 nitrogen and oxygen atoms in total. The molecule has 1 unspecified atom stereocenters. The van der Waals surface area contributed by atoms with Crippen LogP contribution in [0.2, 0.25) is 0 Å². The summed E-state index contributed by atoms with van der Waals surface area (Å²) < 4.78 is 42.7. The summed E-state index contributed by atoms with van der Waals surface area (Å²) >= 11 is 1.18. The van der Waals surface area contributed by atoms with Crippen LogP contribution in [0.5, 0.6) is 0 Å². The highest BCUT2D eigenvalue weighted by Gasteiger charge is 2.24. The standard InChI is InChI=1S/C24H26F3N5OS/c1-16(23(33)28-19-11-10-18(25)21(26)22(19)27)34-24-30-29-20(15-31-12-6-3-7-13-31)32(24)14-17-8-4-2-5-9-17/h2,4-5,8-11,16H,3,6-7,12-15H2,1H3,(H,28,33). The van der Waals surface area contributed by atoms with Gasteiger partial charge >= 0.3 is 0 Å². The van der Waals surface area contributed by atoms with E-state index in [0.29, 0.717) is 18.2 Å². The summed E-state index contributed by atoms with van der Waals surface area (Å²) in [5.74, 6) is -4.10. The number of rotatable bonds is 8. The molecule has 0 saturated carbocycles. The summed E-state index contributed by atoms with van der Waals surface area (Å²) in [7, 11) is 0. The minimum absolute atomic E-state index is 0.409. The third-order valence-electron chi connectivity index (χ3n) is 5.74. The molecule has 10 heteroatoms. The molecule has 1 N–H and O–H groups in total. The Kier molecular flexibility index (Phi) is 7.89. The summed E-state index contributed by atoms with van der Waals surface area (Å²) in [5.41, 5.74) is 0.665. The maximum atomic E-state index is 14.0. The van der Waals surface area contributed by atoms with Crippen LogP contribution >= 0.6 is 11.8 Å². The number of thioether (sulfide) groups is 1. The highest BCUT2D eigenvalue weighted by Crippen LogP contribution is 2.26. The van der Waals surface area contributed by atoms with E-state index < -0.39 is 34.3 Å². The Bertz CT molecular complexity index is 1140. The molecule has 4 rings (SSSR count). The number of hydrogen-bond donors (Lipinski definition) is 1. The third kappa shape index (κ3) is 5.79. The predicted molar refractivity (Wildman–Crippen MR) is 125 cm³/mol. The highest BCUT2D eigenvalue weighted by molar-refractivity contribution is 8.00. The van der Waals surface area contributed by atoms with Gasteiger partial charge in [0.2, 0.25) is 5.91 Å². The van der Waals surface area contributed by atoms with Gasteiger partial charge in [0.25, 0.3) is 0 Å². The molecule has 3 aromatic rings. The summed E-state index contributed by atoms with van der Waals surface area (Å²) in [6, 6.07) is 11.7. The molecule has 34 heavy (non-hydrogen) atoms. The molecular weight excluding hydrogens is 463 g/mol. The lowest BCUT2D eigenvalue weighted by Crippen LogP contribution is -2.30. The number of benzene rings is 2. The molecule has 0 radical (unpaired) electrons. The smallest absolute Gasteiger partial charge is 0.237 e. The van der Waals surface area contributed by atoms with Gasteiger partial charge in [-0.1, -0.05) is 48.5 Å². The summed E-state index contributed by atoms with van der Waals surface area (Å²) in [6.07, 6.45) is 3.55. The molecule has 1 fully saturated rings. The number of likely N-dealkylation sites (tertiary alicyclic amines) is 1. The van der Waals surface area contributed by atoms with Crippen LogP contribution in [0.1, 0.15) is 37.6 Å². The number of nitrogens with zero attached hydrogens (tertiary/aromatic N) is 4. The molecule has 2 heterocycles. The van der Waals surface area contributed by atoms with Crippen molar-refractivity contribution in [1.82, 2.24) is 19.7 Å². The number of aromatic nitrogens is 3. The zero-order chi connectivity index (χ0) is 24.1. The summed E-state index contributed by atoms with van der Waals surface area (Å²) in [4.78, 5) is 15.0. The lowest BCUT2D eigenvalue weighted by Gasteiger charge is -2.26. The van der Waals surface area contributed by atoms with Crippen molar-refractivity contribution >= 4 is 23.4 Å². The number of carbonyl (C=O) groups is 1. The minimum Gasteiger partial charge on any atom is -0.323 e. The van der Waals surface area contributed by atoms with Crippen LogP contribution in [0.15, 0.2) is 47.6 Å². The monoisotopic (exact) mass is 489 g/mol. The molecule has 0 aliphatic carbocycles. The molecule has 0 bridgehead atoms. The maximum Gasteiger partial charge on any atom is 0.237 e. The summed E-state index contributed by atoms with van der Waals surface area (Å²) in [5, 5.41) is 10.9. The third-order valence-corrected chi connectivity index (χ3v) is 6.82. The zero-order valence-corrected chi connectivity index (χ0v) is 19.6. The van der Waals surface area contributed by atoms with Crippen LogP contribution in [0.4, 0.5) is 18.9 Å². The number of piperidine rings is 1. The Morgan fingerprint density at radius 1 is 1.00 bits per heavy atom. The quantitative estimate of drug-likeness (QED) is 0.362. The van der Waals surface area contributed by atoms with E-state index in [1.54, 1.807) is 6.92 Å². The van der Waals surface area contributed by atoms with E-state index in [4.69, 9.17) is 0 Å². The second kappa shape index (κ2) is 11.1. The van der Waals surface area contributed by atoms with E-state index in [2.05, 4.69) is 20.4 Å².